The average molecular weight is 381 g/mol. The van der Waals surface area contributed by atoms with E-state index in [1.54, 1.807) is 14.2 Å². The van der Waals surface area contributed by atoms with Crippen LogP contribution in [0.5, 0.6) is 5.75 Å². The van der Waals surface area contributed by atoms with E-state index in [2.05, 4.69) is 16.3 Å². The molecular weight excluding hydrogens is 351 g/mol. The van der Waals surface area contributed by atoms with Crippen LogP contribution in [0.4, 0.5) is 0 Å². The van der Waals surface area contributed by atoms with E-state index in [-0.39, 0.29) is 37.0 Å². The van der Waals surface area contributed by atoms with Crippen molar-refractivity contribution in [1.29, 1.82) is 0 Å². The number of para-hydroxylation sites is 1. The average Bonchev–Trinajstić information content (AvgIpc) is 2.54. The summed E-state index contributed by atoms with van der Waals surface area (Å²) in [5.74, 6) is 0.914. The van der Waals surface area contributed by atoms with Gasteiger partial charge in [-0.1, -0.05) is 18.2 Å². The second-order valence-electron chi connectivity index (χ2n) is 5.81. The molecule has 24 heavy (non-hydrogen) atoms. The highest BCUT2D eigenvalue weighted by molar-refractivity contribution is 5.85. The van der Waals surface area contributed by atoms with Gasteiger partial charge in [0.1, 0.15) is 5.75 Å². The molecule has 7 heteroatoms. The van der Waals surface area contributed by atoms with Gasteiger partial charge in [0.25, 0.3) is 0 Å². The summed E-state index contributed by atoms with van der Waals surface area (Å²) < 4.78 is 10.4. The van der Waals surface area contributed by atoms with Gasteiger partial charge in [-0.25, -0.2) is 0 Å². The van der Waals surface area contributed by atoms with E-state index < -0.39 is 0 Å². The SMILES string of the molecule is COCCCN[C@@H]1CCN(Cc2ccccc2OC)C[C@H]1O.Cl.Cl. The van der Waals surface area contributed by atoms with Gasteiger partial charge in [-0.3, -0.25) is 4.90 Å². The minimum Gasteiger partial charge on any atom is -0.496 e. The quantitative estimate of drug-likeness (QED) is 0.676. The zero-order valence-electron chi connectivity index (χ0n) is 14.4. The van der Waals surface area contributed by atoms with Crippen molar-refractivity contribution >= 4 is 24.8 Å². The van der Waals surface area contributed by atoms with Crippen LogP contribution in [0, 0.1) is 0 Å². The summed E-state index contributed by atoms with van der Waals surface area (Å²) in [4.78, 5) is 2.29. The number of piperidine rings is 1. The largest absolute Gasteiger partial charge is 0.496 e. The zero-order chi connectivity index (χ0) is 15.8. The first kappa shape index (κ1) is 23.4. The number of benzene rings is 1. The molecule has 0 aliphatic carbocycles. The van der Waals surface area contributed by atoms with Crippen LogP contribution >= 0.6 is 24.8 Å². The molecule has 1 aromatic carbocycles. The van der Waals surface area contributed by atoms with Crippen LogP contribution in [-0.2, 0) is 11.3 Å². The lowest BCUT2D eigenvalue weighted by molar-refractivity contribution is 0.0361. The lowest BCUT2D eigenvalue weighted by Gasteiger charge is -2.36. The molecule has 1 heterocycles. The van der Waals surface area contributed by atoms with Crippen LogP contribution < -0.4 is 10.1 Å². The van der Waals surface area contributed by atoms with Crippen LogP contribution in [0.25, 0.3) is 0 Å². The van der Waals surface area contributed by atoms with E-state index in [4.69, 9.17) is 9.47 Å². The first-order chi connectivity index (χ1) is 10.7. The third-order valence-electron chi connectivity index (χ3n) is 4.18. The fraction of sp³-hybridized carbons (Fsp3) is 0.647. The molecule has 1 fully saturated rings. The van der Waals surface area contributed by atoms with Gasteiger partial charge in [-0.2, -0.15) is 0 Å². The Morgan fingerprint density at radius 2 is 2.00 bits per heavy atom. The van der Waals surface area contributed by atoms with Crippen LogP contribution in [0.1, 0.15) is 18.4 Å². The first-order valence-electron chi connectivity index (χ1n) is 7.99. The summed E-state index contributed by atoms with van der Waals surface area (Å²) in [5, 5.41) is 13.8. The monoisotopic (exact) mass is 380 g/mol. The minimum absolute atomic E-state index is 0. The fourth-order valence-corrected chi connectivity index (χ4v) is 2.96. The lowest BCUT2D eigenvalue weighted by Crippen LogP contribution is -2.52. The molecule has 0 amide bonds. The lowest BCUT2D eigenvalue weighted by atomic mass is 10.0. The van der Waals surface area contributed by atoms with E-state index in [1.165, 1.54) is 5.56 Å². The van der Waals surface area contributed by atoms with E-state index in [0.29, 0.717) is 6.54 Å². The number of likely N-dealkylation sites (tertiary alicyclic amines) is 1. The summed E-state index contributed by atoms with van der Waals surface area (Å²) in [7, 11) is 3.41. The molecule has 1 aliphatic heterocycles. The Labute approximate surface area is 157 Å². The van der Waals surface area contributed by atoms with Crippen LogP contribution in [0.2, 0.25) is 0 Å². The number of methoxy groups -OCH3 is 2. The number of halogens is 2. The zero-order valence-corrected chi connectivity index (χ0v) is 16.1. The van der Waals surface area contributed by atoms with Gasteiger partial charge in [0, 0.05) is 45.0 Å². The second-order valence-corrected chi connectivity index (χ2v) is 5.81. The Balaban J connectivity index is 0.00000264. The number of nitrogens with zero attached hydrogens (tertiary/aromatic N) is 1. The Hall–Kier alpha value is -0.560. The second kappa shape index (κ2) is 12.8. The minimum atomic E-state index is -0.328. The molecule has 0 radical (unpaired) electrons. The molecule has 0 bridgehead atoms. The van der Waals surface area contributed by atoms with Gasteiger partial charge in [0.2, 0.25) is 0 Å². The molecule has 140 valence electrons. The third kappa shape index (κ3) is 7.13. The van der Waals surface area contributed by atoms with Gasteiger partial charge >= 0.3 is 0 Å². The number of ether oxygens (including phenoxy) is 2. The molecule has 1 saturated heterocycles. The molecule has 0 aromatic heterocycles. The molecular formula is C17H30Cl2N2O3. The van der Waals surface area contributed by atoms with Crippen molar-refractivity contribution in [2.45, 2.75) is 31.5 Å². The Morgan fingerprint density at radius 3 is 2.67 bits per heavy atom. The number of rotatable bonds is 8. The summed E-state index contributed by atoms with van der Waals surface area (Å²) in [5.41, 5.74) is 1.17. The number of nitrogens with one attached hydrogen (secondary N) is 1. The predicted octanol–water partition coefficient (Wildman–Crippen LogP) is 2.10. The molecule has 1 aliphatic rings. The first-order valence-corrected chi connectivity index (χ1v) is 7.99. The van der Waals surface area contributed by atoms with E-state index in [9.17, 15) is 5.11 Å². The van der Waals surface area contributed by atoms with Crippen LogP contribution in [0.15, 0.2) is 24.3 Å². The highest BCUT2D eigenvalue weighted by Crippen LogP contribution is 2.21. The Morgan fingerprint density at radius 1 is 1.25 bits per heavy atom. The number of aliphatic hydroxyl groups excluding tert-OH is 1. The van der Waals surface area contributed by atoms with Crippen molar-refractivity contribution in [1.82, 2.24) is 10.2 Å². The Bertz CT molecular complexity index is 452. The summed E-state index contributed by atoms with van der Waals surface area (Å²) in [6, 6.07) is 8.26. The molecule has 0 spiro atoms. The summed E-state index contributed by atoms with van der Waals surface area (Å²) in [6.45, 7) is 4.15. The number of hydrogen-bond donors (Lipinski definition) is 2. The van der Waals surface area contributed by atoms with E-state index in [1.807, 2.05) is 18.2 Å². The normalized spacial score (nSPS) is 20.8. The molecule has 0 saturated carbocycles. The van der Waals surface area contributed by atoms with Crippen molar-refractivity contribution in [3.05, 3.63) is 29.8 Å². The standard InChI is InChI=1S/C17H28N2O3.2ClH/c1-21-11-5-9-18-15-8-10-19(13-16(15)20)12-14-6-3-4-7-17(14)22-2;;/h3-4,6-7,15-16,18,20H,5,8-13H2,1-2H3;2*1H/t15-,16-;;/m1../s1. The maximum atomic E-state index is 10.3. The van der Waals surface area contributed by atoms with Gasteiger partial charge in [0.15, 0.2) is 0 Å². The van der Waals surface area contributed by atoms with Crippen molar-refractivity contribution in [2.24, 2.45) is 0 Å². The molecule has 1 aromatic rings. The van der Waals surface area contributed by atoms with E-state index in [0.717, 1.165) is 44.8 Å². The highest BCUT2D eigenvalue weighted by atomic mass is 35.5. The molecule has 5 nitrogen and oxygen atoms in total. The van der Waals surface area contributed by atoms with Crippen molar-refractivity contribution in [3.63, 3.8) is 0 Å². The molecule has 2 atom stereocenters. The predicted molar refractivity (Wildman–Crippen MR) is 102 cm³/mol. The van der Waals surface area contributed by atoms with Crippen LogP contribution in [0.3, 0.4) is 0 Å². The summed E-state index contributed by atoms with van der Waals surface area (Å²) >= 11 is 0. The van der Waals surface area contributed by atoms with Crippen LogP contribution in [-0.4, -0.2) is 62.6 Å². The number of β-amino-alcohol motifs (C(OH)–C–C–N with tert-alkyl or cyclic N) is 1. The maximum absolute atomic E-state index is 10.3. The van der Waals surface area contributed by atoms with Gasteiger partial charge in [0.05, 0.1) is 13.2 Å². The van der Waals surface area contributed by atoms with Crippen molar-refractivity contribution in [2.75, 3.05) is 40.5 Å². The fourth-order valence-electron chi connectivity index (χ4n) is 2.96. The molecule has 2 N–H and O–H groups in total. The smallest absolute Gasteiger partial charge is 0.123 e. The molecule has 2 rings (SSSR count). The Kier molecular flexibility index (Phi) is 12.5. The van der Waals surface area contributed by atoms with Gasteiger partial charge in [-0.15, -0.1) is 24.8 Å². The highest BCUT2D eigenvalue weighted by Gasteiger charge is 2.27. The molecule has 0 unspecified atom stereocenters. The topological polar surface area (TPSA) is 54.0 Å². The number of aliphatic hydroxyl groups is 1. The van der Waals surface area contributed by atoms with Crippen molar-refractivity contribution in [3.8, 4) is 5.75 Å². The number of hydrogen-bond acceptors (Lipinski definition) is 5. The van der Waals surface area contributed by atoms with Gasteiger partial charge < -0.3 is 19.9 Å². The summed E-state index contributed by atoms with van der Waals surface area (Å²) in [6.07, 6.45) is 1.61. The maximum Gasteiger partial charge on any atom is 0.123 e. The van der Waals surface area contributed by atoms with Gasteiger partial charge in [-0.05, 0) is 25.5 Å². The van der Waals surface area contributed by atoms with E-state index >= 15 is 0 Å². The van der Waals surface area contributed by atoms with Crippen molar-refractivity contribution < 1.29 is 14.6 Å². The third-order valence-corrected chi connectivity index (χ3v) is 4.18.